The van der Waals surface area contributed by atoms with Crippen LogP contribution in [0.5, 0.6) is 17.2 Å². The van der Waals surface area contributed by atoms with Gasteiger partial charge in [-0.05, 0) is 80.3 Å². The van der Waals surface area contributed by atoms with E-state index in [0.29, 0.717) is 24.5 Å². The van der Waals surface area contributed by atoms with Crippen LogP contribution in [0.25, 0.3) is 0 Å². The summed E-state index contributed by atoms with van der Waals surface area (Å²) in [5, 5.41) is 3.06. The zero-order chi connectivity index (χ0) is 36.3. The highest BCUT2D eigenvalue weighted by Gasteiger charge is 2.35. The van der Waals surface area contributed by atoms with Gasteiger partial charge in [0.15, 0.2) is 11.5 Å². The van der Waals surface area contributed by atoms with Crippen LogP contribution < -0.4 is 23.8 Å². The molecule has 0 spiro atoms. The van der Waals surface area contributed by atoms with Crippen LogP contribution in [0.4, 0.5) is 5.69 Å². The molecule has 0 aromatic heterocycles. The van der Waals surface area contributed by atoms with E-state index in [0.717, 1.165) is 21.0 Å². The van der Waals surface area contributed by atoms with Crippen LogP contribution >= 0.6 is 0 Å². The Kier molecular flexibility index (Phi) is 13.3. The monoisotopic (exact) mass is 701 g/mol. The first-order valence-electron chi connectivity index (χ1n) is 16.7. The van der Waals surface area contributed by atoms with Crippen molar-refractivity contribution in [2.45, 2.75) is 64.1 Å². The van der Waals surface area contributed by atoms with Crippen molar-refractivity contribution < 1.29 is 32.2 Å². The highest BCUT2D eigenvalue weighted by Crippen LogP contribution is 2.33. The first-order chi connectivity index (χ1) is 24.0. The quantitative estimate of drug-likeness (QED) is 0.140. The smallest absolute Gasteiger partial charge is 0.264 e. The molecule has 4 aromatic rings. The minimum atomic E-state index is -4.37. The van der Waals surface area contributed by atoms with Crippen LogP contribution in [0.1, 0.15) is 43.9 Å². The molecule has 0 aliphatic heterocycles. The van der Waals surface area contributed by atoms with Gasteiger partial charge in [0.25, 0.3) is 10.0 Å². The Bertz CT molecular complexity index is 1830. The van der Waals surface area contributed by atoms with Crippen molar-refractivity contribution in [3.63, 3.8) is 0 Å². The van der Waals surface area contributed by atoms with Gasteiger partial charge in [-0.15, -0.1) is 0 Å². The Balaban J connectivity index is 1.85. The van der Waals surface area contributed by atoms with Gasteiger partial charge < -0.3 is 24.4 Å². The van der Waals surface area contributed by atoms with Crippen LogP contribution in [0, 0.1) is 6.92 Å². The first-order valence-corrected chi connectivity index (χ1v) is 18.1. The molecule has 11 heteroatoms. The third kappa shape index (κ3) is 9.35. The summed E-state index contributed by atoms with van der Waals surface area (Å²) in [6.45, 7) is 7.61. The molecule has 10 nitrogen and oxygen atoms in total. The summed E-state index contributed by atoms with van der Waals surface area (Å²) < 4.78 is 46.4. The second kappa shape index (κ2) is 17.6. The number of hydrogen-bond donors (Lipinski definition) is 1. The van der Waals surface area contributed by atoms with E-state index in [1.807, 2.05) is 82.3 Å². The van der Waals surface area contributed by atoms with E-state index in [1.54, 1.807) is 24.3 Å². The molecule has 0 saturated carbocycles. The van der Waals surface area contributed by atoms with Crippen molar-refractivity contribution in [1.29, 1.82) is 0 Å². The van der Waals surface area contributed by atoms with Crippen LogP contribution in [-0.2, 0) is 32.6 Å². The Labute approximate surface area is 296 Å². The molecule has 4 rings (SSSR count). The zero-order valence-electron chi connectivity index (χ0n) is 29.6. The van der Waals surface area contributed by atoms with Crippen molar-refractivity contribution in [3.8, 4) is 17.2 Å². The van der Waals surface area contributed by atoms with E-state index >= 15 is 0 Å². The maximum absolute atomic E-state index is 14.8. The molecule has 4 aromatic carbocycles. The fraction of sp³-hybridized carbons (Fsp3) is 0.333. The van der Waals surface area contributed by atoms with Gasteiger partial charge in [0.05, 0.1) is 31.4 Å². The molecule has 0 fully saturated rings. The Morgan fingerprint density at radius 2 is 1.50 bits per heavy atom. The lowest BCUT2D eigenvalue weighted by Gasteiger charge is -2.34. The number of aryl methyl sites for hydroxylation is 1. The molecule has 0 saturated heterocycles. The van der Waals surface area contributed by atoms with E-state index in [2.05, 4.69) is 5.32 Å². The average Bonchev–Trinajstić information content (AvgIpc) is 3.13. The molecule has 2 atom stereocenters. The van der Waals surface area contributed by atoms with E-state index in [1.165, 1.54) is 37.3 Å². The number of nitrogens with one attached hydrogen (secondary N) is 1. The molecule has 0 radical (unpaired) electrons. The third-order valence-corrected chi connectivity index (χ3v) is 10.3. The number of ether oxygens (including phenoxy) is 3. The van der Waals surface area contributed by atoms with Crippen molar-refractivity contribution in [3.05, 3.63) is 114 Å². The number of benzene rings is 4. The summed E-state index contributed by atoms with van der Waals surface area (Å²) in [7, 11) is -1.48. The summed E-state index contributed by atoms with van der Waals surface area (Å²) in [5.74, 6) is 0.261. The SMILES string of the molecule is CCOc1ccc(N(CC(=O)N(Cc2ccccc2C)C(Cc2ccccc2)C(=O)NC(C)CC)S(=O)(=O)c2ccc(OC)c(OC)c2)cc1. The zero-order valence-corrected chi connectivity index (χ0v) is 30.4. The van der Waals surface area contributed by atoms with Crippen molar-refractivity contribution >= 4 is 27.5 Å². The maximum Gasteiger partial charge on any atom is 0.264 e. The van der Waals surface area contributed by atoms with Gasteiger partial charge in [-0.2, -0.15) is 0 Å². The van der Waals surface area contributed by atoms with E-state index in [4.69, 9.17) is 14.2 Å². The van der Waals surface area contributed by atoms with Gasteiger partial charge in [0, 0.05) is 25.1 Å². The van der Waals surface area contributed by atoms with Crippen LogP contribution in [0.15, 0.2) is 102 Å². The molecule has 50 heavy (non-hydrogen) atoms. The second-order valence-electron chi connectivity index (χ2n) is 11.9. The lowest BCUT2D eigenvalue weighted by molar-refractivity contribution is -0.140. The first kappa shape index (κ1) is 37.8. The number of amides is 2. The van der Waals surface area contributed by atoms with E-state index in [-0.39, 0.29) is 41.2 Å². The molecule has 0 aliphatic rings. The van der Waals surface area contributed by atoms with Gasteiger partial charge in [-0.1, -0.05) is 61.5 Å². The molecule has 0 aliphatic carbocycles. The topological polar surface area (TPSA) is 114 Å². The molecule has 2 amide bonds. The number of sulfonamides is 1. The minimum Gasteiger partial charge on any atom is -0.494 e. The maximum atomic E-state index is 14.8. The number of carbonyl (C=O) groups is 2. The Morgan fingerprint density at radius 1 is 0.840 bits per heavy atom. The third-order valence-electron chi connectivity index (χ3n) is 8.53. The standard InChI is InChI=1S/C39H47N3O7S/c1-7-29(4)40-39(44)35(24-30-15-10-9-11-16-30)41(26-31-17-13-12-14-28(31)3)38(43)27-42(32-18-20-33(21-19-32)49-8-2)50(45,46)34-22-23-36(47-5)37(25-34)48-6/h9-23,25,29,35H,7-8,24,26-27H2,1-6H3,(H,40,44). The molecule has 0 heterocycles. The lowest BCUT2D eigenvalue weighted by Crippen LogP contribution is -2.54. The molecule has 266 valence electrons. The molecule has 0 bridgehead atoms. The van der Waals surface area contributed by atoms with Crippen molar-refractivity contribution in [2.24, 2.45) is 0 Å². The summed E-state index contributed by atoms with van der Waals surface area (Å²) in [6, 6.07) is 26.8. The van der Waals surface area contributed by atoms with Gasteiger partial charge in [-0.25, -0.2) is 8.42 Å². The number of hydrogen-bond acceptors (Lipinski definition) is 7. The average molecular weight is 702 g/mol. The second-order valence-corrected chi connectivity index (χ2v) is 13.8. The molecule has 2 unspecified atom stereocenters. The van der Waals surface area contributed by atoms with Gasteiger partial charge >= 0.3 is 0 Å². The van der Waals surface area contributed by atoms with E-state index < -0.39 is 28.5 Å². The molecule has 1 N–H and O–H groups in total. The lowest BCUT2D eigenvalue weighted by atomic mass is 10.0. The van der Waals surface area contributed by atoms with Crippen LogP contribution in [0.2, 0.25) is 0 Å². The van der Waals surface area contributed by atoms with Crippen molar-refractivity contribution in [2.75, 3.05) is 31.7 Å². The number of carbonyl (C=O) groups excluding carboxylic acids is 2. The summed E-state index contributed by atoms with van der Waals surface area (Å²) in [6.07, 6.45) is 0.927. The number of nitrogens with zero attached hydrogens (tertiary/aromatic N) is 2. The van der Waals surface area contributed by atoms with Crippen molar-refractivity contribution in [1.82, 2.24) is 10.2 Å². The van der Waals surface area contributed by atoms with Gasteiger partial charge in [-0.3, -0.25) is 13.9 Å². The number of anilines is 1. The van der Waals surface area contributed by atoms with Gasteiger partial charge in [0.1, 0.15) is 18.3 Å². The molecular weight excluding hydrogens is 655 g/mol. The predicted molar refractivity (Wildman–Crippen MR) is 195 cm³/mol. The summed E-state index contributed by atoms with van der Waals surface area (Å²) >= 11 is 0. The fourth-order valence-corrected chi connectivity index (χ4v) is 6.90. The number of rotatable bonds is 17. The largest absolute Gasteiger partial charge is 0.494 e. The fourth-order valence-electron chi connectivity index (χ4n) is 5.47. The summed E-state index contributed by atoms with van der Waals surface area (Å²) in [5.41, 5.74) is 2.88. The molecular formula is C39H47N3O7S. The Morgan fingerprint density at radius 3 is 2.12 bits per heavy atom. The highest BCUT2D eigenvalue weighted by molar-refractivity contribution is 7.92. The van der Waals surface area contributed by atoms with E-state index in [9.17, 15) is 18.0 Å². The Hall–Kier alpha value is -5.03. The number of methoxy groups -OCH3 is 2. The normalized spacial score (nSPS) is 12.4. The summed E-state index contributed by atoms with van der Waals surface area (Å²) in [4.78, 5) is 30.2. The van der Waals surface area contributed by atoms with Crippen LogP contribution in [0.3, 0.4) is 0 Å². The van der Waals surface area contributed by atoms with Gasteiger partial charge in [0.2, 0.25) is 11.8 Å². The minimum absolute atomic E-state index is 0.0878. The predicted octanol–water partition coefficient (Wildman–Crippen LogP) is 6.16. The van der Waals surface area contributed by atoms with Crippen LogP contribution in [-0.4, -0.2) is 64.6 Å². The highest BCUT2D eigenvalue weighted by atomic mass is 32.2.